The van der Waals surface area contributed by atoms with Crippen LogP contribution in [0, 0.1) is 24.6 Å². The Labute approximate surface area is 180 Å². The van der Waals surface area contributed by atoms with E-state index in [4.69, 9.17) is 0 Å². The molecule has 0 bridgehead atoms. The molecule has 31 heavy (non-hydrogen) atoms. The van der Waals surface area contributed by atoms with Crippen molar-refractivity contribution in [2.24, 2.45) is 16.8 Å². The molecule has 1 saturated heterocycles. The fraction of sp³-hybridized carbons (Fsp3) is 0.650. The minimum atomic E-state index is -0.689. The SMILES string of the molecule is C=N[C@@H]1CCCN1c1nc(C)nc(NNC(=O)[C@H](CC2CCCC2)CN(O)C=O)c1F. The van der Waals surface area contributed by atoms with Crippen molar-refractivity contribution in [2.75, 3.05) is 23.4 Å². The monoisotopic (exact) mass is 435 g/mol. The largest absolute Gasteiger partial charge is 0.332 e. The molecule has 2 atom stereocenters. The maximum atomic E-state index is 15.1. The van der Waals surface area contributed by atoms with E-state index in [2.05, 4.69) is 32.5 Å². The highest BCUT2D eigenvalue weighted by Crippen LogP contribution is 2.31. The zero-order valence-electron chi connectivity index (χ0n) is 17.8. The van der Waals surface area contributed by atoms with Crippen LogP contribution in [0.25, 0.3) is 0 Å². The van der Waals surface area contributed by atoms with Crippen molar-refractivity contribution < 1.29 is 19.2 Å². The van der Waals surface area contributed by atoms with E-state index < -0.39 is 17.6 Å². The lowest BCUT2D eigenvalue weighted by Gasteiger charge is -2.24. The van der Waals surface area contributed by atoms with Gasteiger partial charge in [0, 0.05) is 6.54 Å². The molecule has 1 aliphatic carbocycles. The number of amides is 2. The van der Waals surface area contributed by atoms with Crippen molar-refractivity contribution in [3.8, 4) is 0 Å². The Bertz CT molecular complexity index is 803. The molecule has 0 unspecified atom stereocenters. The number of hydrazine groups is 1. The summed E-state index contributed by atoms with van der Waals surface area (Å²) in [7, 11) is 0. The van der Waals surface area contributed by atoms with Crippen molar-refractivity contribution >= 4 is 30.7 Å². The number of hydroxylamine groups is 2. The van der Waals surface area contributed by atoms with Crippen molar-refractivity contribution in [1.29, 1.82) is 0 Å². The predicted molar refractivity (Wildman–Crippen MR) is 113 cm³/mol. The molecule has 2 amide bonds. The molecule has 2 heterocycles. The van der Waals surface area contributed by atoms with E-state index >= 15 is 4.39 Å². The summed E-state index contributed by atoms with van der Waals surface area (Å²) in [5.41, 5.74) is 5.05. The first kappa shape index (κ1) is 22.9. The summed E-state index contributed by atoms with van der Waals surface area (Å²) in [6.07, 6.45) is 6.42. The Morgan fingerprint density at radius 1 is 1.39 bits per heavy atom. The van der Waals surface area contributed by atoms with Gasteiger partial charge in [-0.15, -0.1) is 0 Å². The Morgan fingerprint density at radius 3 is 2.81 bits per heavy atom. The molecule has 3 N–H and O–H groups in total. The maximum absolute atomic E-state index is 15.1. The third-order valence-corrected chi connectivity index (χ3v) is 5.95. The van der Waals surface area contributed by atoms with E-state index in [9.17, 15) is 14.8 Å². The number of nitrogens with zero attached hydrogens (tertiary/aromatic N) is 5. The zero-order valence-corrected chi connectivity index (χ0v) is 17.8. The topological polar surface area (TPSA) is 123 Å². The summed E-state index contributed by atoms with van der Waals surface area (Å²) in [6, 6.07) is 0. The van der Waals surface area contributed by atoms with Crippen LogP contribution in [0.4, 0.5) is 16.0 Å². The smallest absolute Gasteiger partial charge is 0.243 e. The summed E-state index contributed by atoms with van der Waals surface area (Å²) in [6.45, 7) is 5.67. The number of carbonyl (C=O) groups excluding carboxylic acids is 2. The van der Waals surface area contributed by atoms with Gasteiger partial charge in [0.2, 0.25) is 18.1 Å². The van der Waals surface area contributed by atoms with Crippen LogP contribution in [-0.4, -0.2) is 58.5 Å². The van der Waals surface area contributed by atoms with E-state index in [1.165, 1.54) is 0 Å². The molecule has 10 nitrogen and oxygen atoms in total. The van der Waals surface area contributed by atoms with Gasteiger partial charge in [-0.3, -0.25) is 30.6 Å². The van der Waals surface area contributed by atoms with Gasteiger partial charge in [-0.25, -0.2) is 15.0 Å². The minimum absolute atomic E-state index is 0.115. The van der Waals surface area contributed by atoms with Crippen molar-refractivity contribution in [2.45, 2.75) is 58.0 Å². The number of rotatable bonds is 10. The molecule has 11 heteroatoms. The highest BCUT2D eigenvalue weighted by atomic mass is 19.1. The summed E-state index contributed by atoms with van der Waals surface area (Å²) in [5.74, 6) is -1.11. The highest BCUT2D eigenvalue weighted by molar-refractivity contribution is 5.80. The summed E-state index contributed by atoms with van der Waals surface area (Å²) >= 11 is 0. The molecular weight excluding hydrogens is 405 g/mol. The number of aryl methyl sites for hydroxylation is 1. The summed E-state index contributed by atoms with van der Waals surface area (Å²) in [5, 5.41) is 10.0. The van der Waals surface area contributed by atoms with E-state index in [1.807, 2.05) is 0 Å². The van der Waals surface area contributed by atoms with Crippen LogP contribution in [0.2, 0.25) is 0 Å². The lowest BCUT2D eigenvalue weighted by atomic mass is 9.92. The normalized spacial score (nSPS) is 19.8. The second kappa shape index (κ2) is 10.5. The molecule has 1 aromatic rings. The lowest BCUT2D eigenvalue weighted by Crippen LogP contribution is -2.41. The fourth-order valence-electron chi connectivity index (χ4n) is 4.41. The summed E-state index contributed by atoms with van der Waals surface area (Å²) in [4.78, 5) is 37.6. The van der Waals surface area contributed by atoms with E-state index in [1.54, 1.807) is 11.8 Å². The molecule has 1 aliphatic heterocycles. The van der Waals surface area contributed by atoms with Gasteiger partial charge in [0.25, 0.3) is 0 Å². The molecule has 170 valence electrons. The first-order valence-corrected chi connectivity index (χ1v) is 10.7. The Kier molecular flexibility index (Phi) is 7.72. The van der Waals surface area contributed by atoms with Crippen LogP contribution in [0.5, 0.6) is 0 Å². The standard InChI is InChI=1S/C20H30FN7O3/c1-13-23-18(17(21)19(24-13)28-9-5-8-16(28)22-2)25-26-20(30)15(11-27(31)12-29)10-14-6-3-4-7-14/h12,14-16,31H,2-11H2,1H3,(H,26,30)(H,23,24,25)/t15-,16+/m1/s1. The highest BCUT2D eigenvalue weighted by Gasteiger charge is 2.30. The number of hydrogen-bond acceptors (Lipinski definition) is 8. The van der Waals surface area contributed by atoms with Crippen LogP contribution < -0.4 is 15.8 Å². The number of halogens is 1. The molecule has 2 fully saturated rings. The number of aromatic nitrogens is 2. The molecule has 0 radical (unpaired) electrons. The minimum Gasteiger partial charge on any atom is -0.332 e. The molecule has 0 spiro atoms. The van der Waals surface area contributed by atoms with E-state index in [0.717, 1.165) is 38.5 Å². The number of nitrogens with one attached hydrogen (secondary N) is 2. The maximum Gasteiger partial charge on any atom is 0.243 e. The van der Waals surface area contributed by atoms with E-state index in [-0.39, 0.29) is 30.8 Å². The molecule has 3 rings (SSSR count). The number of hydrogen-bond donors (Lipinski definition) is 3. The Balaban J connectivity index is 1.71. The van der Waals surface area contributed by atoms with Gasteiger partial charge < -0.3 is 4.90 Å². The second-order valence-electron chi connectivity index (χ2n) is 8.18. The average molecular weight is 436 g/mol. The molecule has 2 aliphatic rings. The Morgan fingerprint density at radius 2 is 2.13 bits per heavy atom. The first-order chi connectivity index (χ1) is 14.9. The Hall–Kier alpha value is -2.82. The number of anilines is 2. The van der Waals surface area contributed by atoms with Crippen molar-refractivity contribution in [1.82, 2.24) is 20.5 Å². The third-order valence-electron chi connectivity index (χ3n) is 5.95. The van der Waals surface area contributed by atoms with Crippen LogP contribution >= 0.6 is 0 Å². The quantitative estimate of drug-likeness (QED) is 0.222. The second-order valence-corrected chi connectivity index (χ2v) is 8.18. The van der Waals surface area contributed by atoms with Crippen LogP contribution in [0.15, 0.2) is 4.99 Å². The van der Waals surface area contributed by atoms with Gasteiger partial charge in [0.1, 0.15) is 12.0 Å². The molecule has 0 aromatic carbocycles. The van der Waals surface area contributed by atoms with Gasteiger partial charge in [-0.2, -0.15) is 4.39 Å². The van der Waals surface area contributed by atoms with Gasteiger partial charge >= 0.3 is 0 Å². The summed E-state index contributed by atoms with van der Waals surface area (Å²) < 4.78 is 15.1. The zero-order chi connectivity index (χ0) is 22.4. The molecular formula is C20H30FN7O3. The fourth-order valence-corrected chi connectivity index (χ4v) is 4.41. The van der Waals surface area contributed by atoms with Crippen LogP contribution in [0.3, 0.4) is 0 Å². The van der Waals surface area contributed by atoms with Crippen molar-refractivity contribution in [3.05, 3.63) is 11.6 Å². The van der Waals surface area contributed by atoms with Gasteiger partial charge in [-0.1, -0.05) is 25.7 Å². The van der Waals surface area contributed by atoms with Gasteiger partial charge in [0.05, 0.1) is 12.5 Å². The number of aliphatic imine (C=N–C) groups is 1. The predicted octanol–water partition coefficient (Wildman–Crippen LogP) is 2.04. The average Bonchev–Trinajstić information content (AvgIpc) is 3.44. The molecule has 1 aromatic heterocycles. The third kappa shape index (κ3) is 5.66. The van der Waals surface area contributed by atoms with Crippen LogP contribution in [0.1, 0.15) is 50.8 Å². The van der Waals surface area contributed by atoms with Gasteiger partial charge in [-0.05, 0) is 38.8 Å². The van der Waals surface area contributed by atoms with Crippen molar-refractivity contribution in [3.63, 3.8) is 0 Å². The number of carbonyl (C=O) groups is 2. The first-order valence-electron chi connectivity index (χ1n) is 10.7. The molecule has 1 saturated carbocycles. The lowest BCUT2D eigenvalue weighted by molar-refractivity contribution is -0.154. The van der Waals surface area contributed by atoms with Gasteiger partial charge in [0.15, 0.2) is 11.6 Å². The van der Waals surface area contributed by atoms with E-state index in [0.29, 0.717) is 29.8 Å². The van der Waals surface area contributed by atoms with Crippen LogP contribution in [-0.2, 0) is 9.59 Å².